The van der Waals surface area contributed by atoms with Crippen LogP contribution >= 0.6 is 0 Å². The lowest BCUT2D eigenvalue weighted by Crippen LogP contribution is -2.01. The van der Waals surface area contributed by atoms with Gasteiger partial charge in [-0.05, 0) is 148 Å². The molecular formula is C103H67N7. The minimum atomic E-state index is 0.683. The fourth-order valence-corrected chi connectivity index (χ4v) is 17.0. The molecule has 514 valence electrons. The van der Waals surface area contributed by atoms with E-state index < -0.39 is 0 Å². The summed E-state index contributed by atoms with van der Waals surface area (Å²) in [6.45, 7) is 0. The number of aromatic nitrogens is 7. The van der Waals surface area contributed by atoms with Crippen molar-refractivity contribution in [2.24, 2.45) is 0 Å². The summed E-state index contributed by atoms with van der Waals surface area (Å²) < 4.78 is 9.64. The number of hydrogen-bond donors (Lipinski definition) is 0. The van der Waals surface area contributed by atoms with E-state index >= 15 is 0 Å². The predicted molar refractivity (Wildman–Crippen MR) is 459 cm³/mol. The second-order valence-corrected chi connectivity index (χ2v) is 28.1. The van der Waals surface area contributed by atoms with E-state index in [0.29, 0.717) is 5.82 Å². The van der Waals surface area contributed by atoms with E-state index in [1.165, 1.54) is 81.7 Å². The Morgan fingerprint density at radius 3 is 1.05 bits per heavy atom. The Kier molecular flexibility index (Phi) is 15.4. The molecule has 0 aliphatic carbocycles. The van der Waals surface area contributed by atoms with Crippen LogP contribution in [0.15, 0.2) is 406 Å². The largest absolute Gasteiger partial charge is 0.309 e. The van der Waals surface area contributed by atoms with E-state index in [-0.39, 0.29) is 0 Å². The van der Waals surface area contributed by atoms with E-state index in [0.717, 1.165) is 112 Å². The predicted octanol–water partition coefficient (Wildman–Crippen LogP) is 26.8. The molecule has 0 saturated carbocycles. The third kappa shape index (κ3) is 10.7. The Bertz CT molecular complexity index is 7310. The molecule has 7 heteroatoms. The topological polar surface area (TPSA) is 58.4 Å². The van der Waals surface area contributed by atoms with Crippen molar-refractivity contribution in [2.75, 3.05) is 0 Å². The second-order valence-electron chi connectivity index (χ2n) is 28.1. The number of para-hydroxylation sites is 8. The fraction of sp³-hybridized carbons (Fsp3) is 0. The second kappa shape index (κ2) is 26.7. The Balaban J connectivity index is 0.000000140. The minimum absolute atomic E-state index is 0.683. The molecule has 6 aromatic heterocycles. The van der Waals surface area contributed by atoms with Crippen molar-refractivity contribution in [3.63, 3.8) is 0 Å². The van der Waals surface area contributed by atoms with Gasteiger partial charge in [-0.25, -0.2) is 15.0 Å². The van der Waals surface area contributed by atoms with Crippen LogP contribution in [0, 0.1) is 0 Å². The van der Waals surface area contributed by atoms with Crippen molar-refractivity contribution in [2.45, 2.75) is 0 Å². The van der Waals surface area contributed by atoms with Crippen LogP contribution in [0.25, 0.3) is 199 Å². The van der Waals surface area contributed by atoms with Gasteiger partial charge in [-0.2, -0.15) is 0 Å². The molecule has 0 aliphatic rings. The van der Waals surface area contributed by atoms with E-state index in [2.05, 4.69) is 419 Å². The molecule has 0 unspecified atom stereocenters. The smallest absolute Gasteiger partial charge is 0.162 e. The van der Waals surface area contributed by atoms with Crippen LogP contribution in [0.3, 0.4) is 0 Å². The average molecular weight is 1400 g/mol. The van der Waals surface area contributed by atoms with Crippen LogP contribution in [0.2, 0.25) is 0 Å². The molecular weight excluding hydrogens is 1340 g/mol. The molecule has 0 fully saturated rings. The van der Waals surface area contributed by atoms with Gasteiger partial charge >= 0.3 is 0 Å². The van der Waals surface area contributed by atoms with E-state index in [4.69, 9.17) is 15.0 Å². The Morgan fingerprint density at radius 2 is 0.509 bits per heavy atom. The number of fused-ring (bicyclic) bond motifs is 15. The Labute approximate surface area is 635 Å². The number of rotatable bonds is 11. The zero-order valence-electron chi connectivity index (χ0n) is 59.8. The van der Waals surface area contributed by atoms with Gasteiger partial charge in [0.05, 0.1) is 78.3 Å². The van der Waals surface area contributed by atoms with Gasteiger partial charge < -0.3 is 18.3 Å². The van der Waals surface area contributed by atoms with Crippen molar-refractivity contribution in [1.29, 1.82) is 0 Å². The van der Waals surface area contributed by atoms with Gasteiger partial charge in [0.1, 0.15) is 0 Å². The molecule has 0 radical (unpaired) electrons. The Hall–Kier alpha value is -14.8. The Morgan fingerprint density at radius 1 is 0.173 bits per heavy atom. The maximum absolute atomic E-state index is 5.48. The molecule has 22 aromatic rings. The highest BCUT2D eigenvalue weighted by Gasteiger charge is 2.26. The van der Waals surface area contributed by atoms with Gasteiger partial charge in [-0.1, -0.05) is 291 Å². The first kappa shape index (κ1) is 63.7. The number of benzene rings is 16. The van der Waals surface area contributed by atoms with Crippen LogP contribution in [0.1, 0.15) is 0 Å². The summed E-state index contributed by atoms with van der Waals surface area (Å²) in [6, 6.07) is 145. The third-order valence-corrected chi connectivity index (χ3v) is 21.8. The molecule has 7 nitrogen and oxygen atoms in total. The summed E-state index contributed by atoms with van der Waals surface area (Å²) in [5.41, 5.74) is 27.3. The first-order valence-corrected chi connectivity index (χ1v) is 37.5. The molecule has 0 spiro atoms. The molecule has 0 aliphatic heterocycles. The van der Waals surface area contributed by atoms with Crippen LogP contribution in [0.4, 0.5) is 0 Å². The molecule has 0 bridgehead atoms. The SMILES string of the molecule is c1ccc(-c2cc(-c3cccc4ccccc34)nc(-c3ccccc3-n3c4ccccc4c4c5c6ccccc6n(-c6ccccc6)c5ccc43)n2)cc1.c1ccc(-c2cccc(-c3cc(-c4ccccc4)cc(-c4ccccc4-n4c5ccccc5c5c6c7ccccc7n(-c7ccccc7)c6ccc54)n3)c2)cc1. The lowest BCUT2D eigenvalue weighted by Gasteiger charge is -2.16. The number of nitrogens with zero attached hydrogens (tertiary/aromatic N) is 7. The lowest BCUT2D eigenvalue weighted by molar-refractivity contribution is 1.14. The molecule has 0 saturated heterocycles. The van der Waals surface area contributed by atoms with Crippen molar-refractivity contribution in [3.05, 3.63) is 406 Å². The summed E-state index contributed by atoms with van der Waals surface area (Å²) >= 11 is 0. The summed E-state index contributed by atoms with van der Waals surface area (Å²) in [4.78, 5) is 16.2. The quantitative estimate of drug-likeness (QED) is 0.130. The molecule has 0 amide bonds. The normalized spacial score (nSPS) is 11.6. The first-order valence-electron chi connectivity index (χ1n) is 37.5. The van der Waals surface area contributed by atoms with Gasteiger partial charge in [-0.3, -0.25) is 0 Å². The van der Waals surface area contributed by atoms with E-state index in [1.54, 1.807) is 0 Å². The summed E-state index contributed by atoms with van der Waals surface area (Å²) in [7, 11) is 0. The highest BCUT2D eigenvalue weighted by atomic mass is 15.0. The van der Waals surface area contributed by atoms with Crippen molar-refractivity contribution >= 4 is 98.0 Å². The summed E-state index contributed by atoms with van der Waals surface area (Å²) in [6.07, 6.45) is 0. The number of hydrogen-bond acceptors (Lipinski definition) is 3. The standard InChI is InChI=1S/C53H35N3.C50H32N4/c1-4-17-36(18-5-1)38-21-16-22-39(33-38)45-34-40(37-19-6-2-7-20-37)35-46(54-45)42-25-10-13-28-47(42)56-49-30-15-12-27-44(49)53-51(56)32-31-50-52(53)43-26-11-14-29-48(43)55(50)41-23-8-3-9-24-41;1-3-17-34(18-4-1)41-32-42(37-26-15-19-33-16-7-8-22-36(33)37)52-50(51-41)40-25-11-14-29-45(40)54-44-28-13-10-24-39(44)49-47(54)31-30-46-48(49)38-23-9-12-27-43(38)53(46)35-20-5-2-6-21-35/h1-35H;1-32H. The third-order valence-electron chi connectivity index (χ3n) is 21.8. The fourth-order valence-electron chi connectivity index (χ4n) is 17.0. The van der Waals surface area contributed by atoms with E-state index in [9.17, 15) is 0 Å². The van der Waals surface area contributed by atoms with Crippen LogP contribution in [0.5, 0.6) is 0 Å². The van der Waals surface area contributed by atoms with Crippen molar-refractivity contribution < 1.29 is 0 Å². The minimum Gasteiger partial charge on any atom is -0.309 e. The maximum atomic E-state index is 5.48. The van der Waals surface area contributed by atoms with Gasteiger partial charge in [0.15, 0.2) is 5.82 Å². The molecule has 22 rings (SSSR count). The molecule has 0 N–H and O–H groups in total. The maximum Gasteiger partial charge on any atom is 0.162 e. The molecule has 0 atom stereocenters. The highest BCUT2D eigenvalue weighted by Crippen LogP contribution is 2.47. The van der Waals surface area contributed by atoms with Gasteiger partial charge in [0, 0.05) is 82.3 Å². The number of pyridine rings is 1. The molecule has 110 heavy (non-hydrogen) atoms. The van der Waals surface area contributed by atoms with Crippen LogP contribution in [-0.2, 0) is 0 Å². The average Bonchev–Trinajstić information content (AvgIpc) is 1.55. The van der Waals surface area contributed by atoms with Gasteiger partial charge in [0.2, 0.25) is 0 Å². The lowest BCUT2D eigenvalue weighted by atomic mass is 9.97. The molecule has 16 aromatic carbocycles. The van der Waals surface area contributed by atoms with Crippen molar-refractivity contribution in [3.8, 4) is 101 Å². The molecule has 6 heterocycles. The first-order chi connectivity index (χ1) is 54.6. The van der Waals surface area contributed by atoms with Crippen LogP contribution < -0.4 is 0 Å². The highest BCUT2D eigenvalue weighted by molar-refractivity contribution is 6.30. The summed E-state index contributed by atoms with van der Waals surface area (Å²) in [5.74, 6) is 0.683. The zero-order chi connectivity index (χ0) is 72.6. The monoisotopic (exact) mass is 1400 g/mol. The van der Waals surface area contributed by atoms with E-state index in [1.807, 2.05) is 6.07 Å². The van der Waals surface area contributed by atoms with Crippen molar-refractivity contribution in [1.82, 2.24) is 33.2 Å². The van der Waals surface area contributed by atoms with Crippen LogP contribution in [-0.4, -0.2) is 33.2 Å². The van der Waals surface area contributed by atoms with Gasteiger partial charge in [-0.15, -0.1) is 0 Å². The summed E-state index contributed by atoms with van der Waals surface area (Å²) in [5, 5.41) is 12.3. The zero-order valence-corrected chi connectivity index (χ0v) is 59.8. The van der Waals surface area contributed by atoms with Gasteiger partial charge in [0.25, 0.3) is 0 Å².